The largest absolute Gasteiger partial charge is 1.00 e. The Kier molecular flexibility index (Phi) is 10.8. The standard InChI is InChI=1S/Na.H5O7Si2.H4O4Si/c;1-8(2,3)7-9(4,5)6;1-5(2,3)4/h;1-5H;1-4H/q+1;-1;. The average molecular weight is 292 g/mol. The van der Waals surface area contributed by atoms with E-state index in [0.717, 1.165) is 0 Å². The predicted molar refractivity (Wildman–Crippen MR) is 38.3 cm³/mol. The first-order chi connectivity index (χ1) is 5.71. The van der Waals surface area contributed by atoms with E-state index >= 15 is 0 Å². The SMILES string of the molecule is O[Si](O)(O)O.[Na+].[O-][Si](O)(O)O[Si](O)(O)O. The molecule has 0 fully saturated rings. The van der Waals surface area contributed by atoms with Gasteiger partial charge in [0.05, 0.1) is 0 Å². The minimum absolute atomic E-state index is 0. The Bertz CT molecular complexity index is 131. The summed E-state index contributed by atoms with van der Waals surface area (Å²) in [5.74, 6) is 0. The third-order valence-corrected chi connectivity index (χ3v) is 2.43. The molecule has 15 heavy (non-hydrogen) atoms. The molecule has 0 radical (unpaired) electrons. The van der Waals surface area contributed by atoms with Crippen LogP contribution in [0.25, 0.3) is 0 Å². The maximum absolute atomic E-state index is 9.70. The molecule has 0 aliphatic rings. The van der Waals surface area contributed by atoms with Gasteiger partial charge in [-0.1, -0.05) is 0 Å². The van der Waals surface area contributed by atoms with Crippen molar-refractivity contribution in [2.75, 3.05) is 0 Å². The summed E-state index contributed by atoms with van der Waals surface area (Å²) in [5.41, 5.74) is 0. The zero-order valence-electron chi connectivity index (χ0n) is 7.34. The van der Waals surface area contributed by atoms with Crippen LogP contribution in [-0.4, -0.2) is 70.3 Å². The normalized spacial score (nSPS) is 12.4. The van der Waals surface area contributed by atoms with E-state index in [-0.39, 0.29) is 29.6 Å². The van der Waals surface area contributed by atoms with E-state index in [1.54, 1.807) is 0 Å². The third-order valence-electron chi connectivity index (χ3n) is 0.270. The molecule has 0 aliphatic heterocycles. The third kappa shape index (κ3) is 51.1. The minimum Gasteiger partial charge on any atom is -0.794 e. The molecule has 0 aliphatic carbocycles. The topological polar surface area (TPSA) is 214 Å². The van der Waals surface area contributed by atoms with Crippen molar-refractivity contribution >= 4 is 27.1 Å². The van der Waals surface area contributed by atoms with Crippen molar-refractivity contribution < 1.29 is 81.6 Å². The van der Waals surface area contributed by atoms with E-state index in [4.69, 9.17) is 43.2 Å². The Labute approximate surface area is 108 Å². The second kappa shape index (κ2) is 7.52. The van der Waals surface area contributed by atoms with Crippen LogP contribution in [0, 0.1) is 0 Å². The molecule has 0 rings (SSSR count). The molecule has 0 saturated carbocycles. The maximum atomic E-state index is 9.70. The van der Waals surface area contributed by atoms with Gasteiger partial charge in [0.2, 0.25) is 0 Å². The van der Waals surface area contributed by atoms with Crippen molar-refractivity contribution in [3.63, 3.8) is 0 Å². The first kappa shape index (κ1) is 21.5. The van der Waals surface area contributed by atoms with Gasteiger partial charge >= 0.3 is 56.7 Å². The Balaban J connectivity index is -0.000000208. The zero-order chi connectivity index (χ0) is 12.2. The summed E-state index contributed by atoms with van der Waals surface area (Å²) in [5, 5.41) is 0. The van der Waals surface area contributed by atoms with Crippen molar-refractivity contribution in [3.8, 4) is 0 Å². The molecule has 0 heterocycles. The molecule has 9 N–H and O–H groups in total. The van der Waals surface area contributed by atoms with Gasteiger partial charge in [-0.05, 0) is 0 Å². The van der Waals surface area contributed by atoms with E-state index in [1.165, 1.54) is 0 Å². The van der Waals surface area contributed by atoms with Gasteiger partial charge in [0.15, 0.2) is 0 Å². The molecule has 15 heteroatoms. The molecule has 0 unspecified atom stereocenters. The Morgan fingerprint density at radius 3 is 0.933 bits per heavy atom. The first-order valence-electron chi connectivity index (χ1n) is 2.62. The Hall–Kier alpha value is 1.21. The number of hydrogen-bond donors (Lipinski definition) is 9. The van der Waals surface area contributed by atoms with Gasteiger partial charge in [0, 0.05) is 0 Å². The zero-order valence-corrected chi connectivity index (χ0v) is 12.3. The molecule has 88 valence electrons. The van der Waals surface area contributed by atoms with Crippen molar-refractivity contribution in [2.45, 2.75) is 0 Å². The van der Waals surface area contributed by atoms with E-state index in [1.807, 2.05) is 0 Å². The van der Waals surface area contributed by atoms with Gasteiger partial charge in [-0.2, -0.15) is 0 Å². The summed E-state index contributed by atoms with van der Waals surface area (Å²) in [6, 6.07) is 0. The molecule has 0 spiro atoms. The molecule has 0 bridgehead atoms. The van der Waals surface area contributed by atoms with Crippen molar-refractivity contribution in [3.05, 3.63) is 0 Å². The fourth-order valence-electron chi connectivity index (χ4n) is 0.178. The van der Waals surface area contributed by atoms with Gasteiger partial charge in [-0.3, -0.25) is 0 Å². The Morgan fingerprint density at radius 1 is 0.733 bits per heavy atom. The molecule has 0 amide bonds. The van der Waals surface area contributed by atoms with Crippen molar-refractivity contribution in [2.24, 2.45) is 0 Å². The molecule has 0 atom stereocenters. The smallest absolute Gasteiger partial charge is 0.794 e. The summed E-state index contributed by atoms with van der Waals surface area (Å²) >= 11 is 0. The van der Waals surface area contributed by atoms with E-state index < -0.39 is 27.1 Å². The second-order valence-electron chi connectivity index (χ2n) is 1.82. The molecular formula is H9NaO11Si3. The van der Waals surface area contributed by atoms with Gasteiger partial charge in [0.1, 0.15) is 0 Å². The molecule has 11 nitrogen and oxygen atoms in total. The molecule has 0 aromatic heterocycles. The van der Waals surface area contributed by atoms with Crippen LogP contribution in [0.15, 0.2) is 0 Å². The van der Waals surface area contributed by atoms with Crippen LogP contribution in [0.1, 0.15) is 0 Å². The minimum atomic E-state index is -5.23. The van der Waals surface area contributed by atoms with Crippen molar-refractivity contribution in [1.29, 1.82) is 0 Å². The molecular weight excluding hydrogens is 283 g/mol. The quantitative estimate of drug-likeness (QED) is 0.218. The summed E-state index contributed by atoms with van der Waals surface area (Å²) in [6.45, 7) is 0. The Morgan fingerprint density at radius 2 is 0.933 bits per heavy atom. The summed E-state index contributed by atoms with van der Waals surface area (Å²) in [6.07, 6.45) is 0. The molecule has 0 aromatic rings. The predicted octanol–water partition coefficient (Wildman–Crippen LogP) is -10.4. The van der Waals surface area contributed by atoms with E-state index in [2.05, 4.69) is 4.12 Å². The van der Waals surface area contributed by atoms with E-state index in [0.29, 0.717) is 0 Å². The number of rotatable bonds is 2. The molecule has 0 saturated heterocycles. The van der Waals surface area contributed by atoms with Gasteiger partial charge in [-0.25, -0.2) is 0 Å². The van der Waals surface area contributed by atoms with Crippen LogP contribution in [0.4, 0.5) is 0 Å². The molecule has 0 aromatic carbocycles. The van der Waals surface area contributed by atoms with Crippen LogP contribution in [0.2, 0.25) is 0 Å². The van der Waals surface area contributed by atoms with E-state index in [9.17, 15) is 4.80 Å². The summed E-state index contributed by atoms with van der Waals surface area (Å²) < 4.78 is 3.12. The summed E-state index contributed by atoms with van der Waals surface area (Å²) in [7, 11) is -14.9. The van der Waals surface area contributed by atoms with Gasteiger partial charge in [-0.15, -0.1) is 0 Å². The average Bonchev–Trinajstić information content (AvgIpc) is 1.42. The summed E-state index contributed by atoms with van der Waals surface area (Å²) in [4.78, 5) is 78.3. The monoisotopic (exact) mass is 292 g/mol. The van der Waals surface area contributed by atoms with Crippen molar-refractivity contribution in [1.82, 2.24) is 0 Å². The van der Waals surface area contributed by atoms with Crippen LogP contribution in [-0.2, 0) is 4.12 Å². The van der Waals surface area contributed by atoms with Crippen LogP contribution in [0.3, 0.4) is 0 Å². The van der Waals surface area contributed by atoms with Crippen LogP contribution >= 0.6 is 0 Å². The van der Waals surface area contributed by atoms with Crippen LogP contribution < -0.4 is 34.4 Å². The fourth-order valence-corrected chi connectivity index (χ4v) is 1.61. The fraction of sp³-hybridized carbons (Fsp3) is 0. The first-order valence-corrected chi connectivity index (χ1v) is 7.87. The van der Waals surface area contributed by atoms with Crippen LogP contribution in [0.5, 0.6) is 0 Å². The maximum Gasteiger partial charge on any atom is 1.00 e. The van der Waals surface area contributed by atoms with Gasteiger partial charge in [0.25, 0.3) is 0 Å². The second-order valence-corrected chi connectivity index (χ2v) is 6.09. The van der Waals surface area contributed by atoms with Gasteiger partial charge < -0.3 is 52.1 Å². The number of hydrogen-bond acceptors (Lipinski definition) is 11.